The zero-order valence-corrected chi connectivity index (χ0v) is 10.2. The first-order valence-corrected chi connectivity index (χ1v) is 6.48. The second-order valence-corrected chi connectivity index (χ2v) is 5.01. The molecular weight excluding hydrogens is 228 g/mol. The molecule has 1 aromatic carbocycles. The van der Waals surface area contributed by atoms with Crippen LogP contribution in [0.5, 0.6) is 0 Å². The third-order valence-corrected chi connectivity index (χ3v) is 3.90. The molecule has 0 radical (unpaired) electrons. The van der Waals surface area contributed by atoms with Gasteiger partial charge < -0.3 is 5.21 Å². The van der Waals surface area contributed by atoms with E-state index in [2.05, 4.69) is 0 Å². The molecular formula is C14H17N2O2+. The number of nitrogens with zero attached hydrogens (tertiary/aromatic N) is 2. The third kappa shape index (κ3) is 1.78. The fourth-order valence-electron chi connectivity index (χ4n) is 2.94. The quantitative estimate of drug-likeness (QED) is 0.466. The maximum absolute atomic E-state index is 12.4. The molecule has 18 heavy (non-hydrogen) atoms. The molecule has 4 heteroatoms. The molecule has 0 bridgehead atoms. The van der Waals surface area contributed by atoms with Gasteiger partial charge in [-0.1, -0.05) is 18.2 Å². The molecule has 2 atom stereocenters. The van der Waals surface area contributed by atoms with Gasteiger partial charge in [0.2, 0.25) is 6.04 Å². The van der Waals surface area contributed by atoms with E-state index in [0.29, 0.717) is 5.71 Å². The first kappa shape index (κ1) is 11.3. The van der Waals surface area contributed by atoms with Crippen molar-refractivity contribution in [2.75, 3.05) is 0 Å². The fraction of sp³-hybridized carbons (Fsp3) is 0.429. The summed E-state index contributed by atoms with van der Waals surface area (Å²) >= 11 is 0. The molecule has 2 aliphatic rings. The van der Waals surface area contributed by atoms with Gasteiger partial charge in [0.1, 0.15) is 0 Å². The van der Waals surface area contributed by atoms with Gasteiger partial charge in [0, 0.05) is 12.8 Å². The Kier molecular flexibility index (Phi) is 2.78. The zero-order chi connectivity index (χ0) is 12.5. The highest BCUT2D eigenvalue weighted by atomic mass is 16.5. The molecule has 0 saturated heterocycles. The van der Waals surface area contributed by atoms with Gasteiger partial charge >= 0.3 is 0 Å². The molecule has 1 N–H and O–H groups in total. The summed E-state index contributed by atoms with van der Waals surface area (Å²) in [5.41, 5.74) is 1.41. The number of hydroxylamine groups is 2. The molecule has 3 rings (SSSR count). The summed E-state index contributed by atoms with van der Waals surface area (Å²) < 4.78 is 2.33. The predicted molar refractivity (Wildman–Crippen MR) is 68.3 cm³/mol. The van der Waals surface area contributed by atoms with Crippen LogP contribution in [0.3, 0.4) is 0 Å². The van der Waals surface area contributed by atoms with Crippen molar-refractivity contribution in [2.45, 2.75) is 37.8 Å². The van der Waals surface area contributed by atoms with Gasteiger partial charge in [-0.25, -0.2) is 0 Å². The summed E-state index contributed by atoms with van der Waals surface area (Å²) in [4.78, 5) is 0. The second-order valence-electron chi connectivity index (χ2n) is 5.01. The monoisotopic (exact) mass is 245 g/mol. The van der Waals surface area contributed by atoms with Crippen molar-refractivity contribution in [3.8, 4) is 0 Å². The molecule has 0 unspecified atom stereocenters. The lowest BCUT2D eigenvalue weighted by Gasteiger charge is -2.27. The Morgan fingerprint density at radius 1 is 1.06 bits per heavy atom. The Hall–Kier alpha value is -1.84. The summed E-state index contributed by atoms with van der Waals surface area (Å²) in [7, 11) is 0. The highest BCUT2D eigenvalue weighted by Crippen LogP contribution is 2.25. The Balaban J connectivity index is 2.04. The van der Waals surface area contributed by atoms with E-state index >= 15 is 0 Å². The molecule has 1 saturated carbocycles. The predicted octanol–water partition coefficient (Wildman–Crippen LogP) is 1.78. The van der Waals surface area contributed by atoms with Crippen molar-refractivity contribution in [1.82, 2.24) is 0 Å². The third-order valence-electron chi connectivity index (χ3n) is 3.90. The van der Waals surface area contributed by atoms with Crippen molar-refractivity contribution < 1.29 is 14.7 Å². The maximum atomic E-state index is 12.4. The first-order valence-electron chi connectivity index (χ1n) is 6.48. The van der Waals surface area contributed by atoms with Gasteiger partial charge in [0.25, 0.3) is 18.0 Å². The minimum absolute atomic E-state index is 0.0521. The lowest BCUT2D eigenvalue weighted by Crippen LogP contribution is -2.51. The maximum Gasteiger partial charge on any atom is 0.288 e. The van der Waals surface area contributed by atoms with Crippen LogP contribution in [-0.4, -0.2) is 38.7 Å². The van der Waals surface area contributed by atoms with Crippen molar-refractivity contribution in [1.29, 1.82) is 0 Å². The van der Waals surface area contributed by atoms with Crippen LogP contribution in [0.4, 0.5) is 0 Å². The van der Waals surface area contributed by atoms with E-state index in [9.17, 15) is 10.4 Å². The number of rotatable bonds is 1. The van der Waals surface area contributed by atoms with Crippen LogP contribution in [-0.2, 0) is 0 Å². The normalized spacial score (nSPS) is 27.7. The lowest BCUT2D eigenvalue weighted by atomic mass is 9.89. The standard InChI is InChI=1S/C14H17N2O2/c17-15-10-14(11-6-2-1-3-7-11)16(18)13-9-5-4-8-12(13)15/h1-3,6-7,10,12-13,17H,4-5,8-9H2/q+1/t12-,13-/m1/s1. The lowest BCUT2D eigenvalue weighted by molar-refractivity contribution is -0.819. The van der Waals surface area contributed by atoms with Crippen LogP contribution < -0.4 is 0 Å². The highest BCUT2D eigenvalue weighted by molar-refractivity contribution is 6.34. The van der Waals surface area contributed by atoms with Crippen molar-refractivity contribution in [3.05, 3.63) is 41.1 Å². The molecule has 1 heterocycles. The molecule has 94 valence electrons. The van der Waals surface area contributed by atoms with Gasteiger partial charge in [0.15, 0.2) is 0 Å². The van der Waals surface area contributed by atoms with Gasteiger partial charge in [-0.2, -0.15) is 4.74 Å². The van der Waals surface area contributed by atoms with Crippen molar-refractivity contribution >= 4 is 11.9 Å². The molecule has 1 fully saturated rings. The van der Waals surface area contributed by atoms with E-state index < -0.39 is 0 Å². The summed E-state index contributed by atoms with van der Waals surface area (Å²) in [5, 5.41) is 22.5. The molecule has 1 aliphatic carbocycles. The van der Waals surface area contributed by atoms with E-state index in [1.165, 1.54) is 4.74 Å². The van der Waals surface area contributed by atoms with Gasteiger partial charge in [-0.05, 0) is 29.7 Å². The van der Waals surface area contributed by atoms with Gasteiger partial charge in [-0.15, -0.1) is 0 Å². The van der Waals surface area contributed by atoms with Crippen LogP contribution in [0.2, 0.25) is 0 Å². The summed E-state index contributed by atoms with van der Waals surface area (Å²) in [6, 6.07) is 9.34. The SMILES string of the molecule is [O-][N+]1=C(c2ccccc2)C=[N+](O)[C@@H]2CCCC[C@H]21. The van der Waals surface area contributed by atoms with E-state index in [-0.39, 0.29) is 12.1 Å². The molecule has 0 aromatic heterocycles. The van der Waals surface area contributed by atoms with Gasteiger partial charge in [0.05, 0.1) is 5.56 Å². The summed E-state index contributed by atoms with van der Waals surface area (Å²) in [5.74, 6) is 0. The molecule has 0 spiro atoms. The Bertz CT molecular complexity index is 508. The minimum Gasteiger partial charge on any atom is -0.623 e. The largest absolute Gasteiger partial charge is 0.623 e. The molecule has 4 nitrogen and oxygen atoms in total. The van der Waals surface area contributed by atoms with E-state index in [4.69, 9.17) is 0 Å². The van der Waals surface area contributed by atoms with Crippen LogP contribution in [0.1, 0.15) is 31.2 Å². The average molecular weight is 245 g/mol. The number of hydrogen-bond donors (Lipinski definition) is 1. The van der Waals surface area contributed by atoms with Crippen LogP contribution in [0, 0.1) is 5.21 Å². The smallest absolute Gasteiger partial charge is 0.288 e. The molecule has 1 aromatic rings. The Morgan fingerprint density at radius 3 is 2.44 bits per heavy atom. The second kappa shape index (κ2) is 4.44. The Morgan fingerprint density at radius 2 is 1.72 bits per heavy atom. The van der Waals surface area contributed by atoms with Crippen molar-refractivity contribution in [3.63, 3.8) is 0 Å². The molecule has 0 amide bonds. The van der Waals surface area contributed by atoms with Crippen LogP contribution >= 0.6 is 0 Å². The Labute approximate surface area is 106 Å². The number of fused-ring (bicyclic) bond motifs is 1. The molecule has 1 aliphatic heterocycles. The van der Waals surface area contributed by atoms with Crippen LogP contribution in [0.25, 0.3) is 0 Å². The highest BCUT2D eigenvalue weighted by Gasteiger charge is 2.45. The average Bonchev–Trinajstić information content (AvgIpc) is 2.44. The van der Waals surface area contributed by atoms with Gasteiger partial charge in [-0.3, -0.25) is 5.21 Å². The summed E-state index contributed by atoms with van der Waals surface area (Å²) in [6.45, 7) is 0. The van der Waals surface area contributed by atoms with Crippen LogP contribution in [0.15, 0.2) is 30.3 Å². The first-order chi connectivity index (χ1) is 8.77. The number of hydrogen-bond acceptors (Lipinski definition) is 2. The number of benzene rings is 1. The summed E-state index contributed by atoms with van der Waals surface area (Å²) in [6.07, 6.45) is 5.46. The van der Waals surface area contributed by atoms with E-state index in [1.807, 2.05) is 30.3 Å². The topological polar surface area (TPSA) is 49.3 Å². The van der Waals surface area contributed by atoms with E-state index in [0.717, 1.165) is 36.0 Å². The fourth-order valence-corrected chi connectivity index (χ4v) is 2.94. The zero-order valence-electron chi connectivity index (χ0n) is 10.2. The van der Waals surface area contributed by atoms with Crippen molar-refractivity contribution in [2.24, 2.45) is 0 Å². The minimum atomic E-state index is -0.121. The van der Waals surface area contributed by atoms with E-state index in [1.54, 1.807) is 6.21 Å².